The summed E-state index contributed by atoms with van der Waals surface area (Å²) in [6, 6.07) is 5.99. The molecule has 36 heavy (non-hydrogen) atoms. The summed E-state index contributed by atoms with van der Waals surface area (Å²) in [4.78, 5) is 39.5. The van der Waals surface area contributed by atoms with Crippen LogP contribution in [0.4, 0.5) is 11.8 Å². The molecule has 2 fully saturated rings. The number of nitrogens with zero attached hydrogens (tertiary/aromatic N) is 9. The number of imidazole rings is 1. The summed E-state index contributed by atoms with van der Waals surface area (Å²) in [5.74, 6) is 1.14. The zero-order valence-electron chi connectivity index (χ0n) is 19.3. The molecule has 1 saturated carbocycles. The molecule has 1 aliphatic carbocycles. The van der Waals surface area contributed by atoms with E-state index in [0.29, 0.717) is 34.5 Å². The van der Waals surface area contributed by atoms with Crippen LogP contribution in [0.3, 0.4) is 0 Å². The second-order valence-corrected chi connectivity index (χ2v) is 8.85. The van der Waals surface area contributed by atoms with Crippen LogP contribution in [-0.2, 0) is 0 Å². The van der Waals surface area contributed by atoms with Gasteiger partial charge in [0, 0.05) is 37.6 Å². The maximum atomic E-state index is 11.6. The van der Waals surface area contributed by atoms with Gasteiger partial charge in [-0.15, -0.1) is 0 Å². The van der Waals surface area contributed by atoms with Crippen LogP contribution in [0.5, 0.6) is 5.88 Å². The molecule has 0 amide bonds. The van der Waals surface area contributed by atoms with E-state index in [2.05, 4.69) is 35.9 Å². The van der Waals surface area contributed by atoms with Gasteiger partial charge < -0.3 is 19.9 Å². The molecule has 13 heteroatoms. The summed E-state index contributed by atoms with van der Waals surface area (Å²) < 4.78 is 1.60. The summed E-state index contributed by atoms with van der Waals surface area (Å²) in [5.41, 5.74) is 1.31. The summed E-state index contributed by atoms with van der Waals surface area (Å²) >= 11 is 0. The Morgan fingerprint density at radius 2 is 1.94 bits per heavy atom. The SMILES string of the molecule is N#Cc1ccc(N2CCCN(c3nc(=NC4CC4)n4nc/c(=C\c5[nH]c(=O)[nH]c5O)c4n3)CC2)nc1. The first kappa shape index (κ1) is 21.8. The standard InChI is InChI=1S/C23H23N11O2/c24-11-14-2-5-18(25-12-14)32-6-1-7-33(9-8-32)21-29-19-15(10-17-20(35)30-23(36)28-17)13-26-34(19)22(31-21)27-16-3-4-16/h2,5,10,12-13,16,35H,1,3-4,6-9H2,(H2,28,30,36)/b15-10+,27-22?. The zero-order valence-corrected chi connectivity index (χ0v) is 19.3. The first-order chi connectivity index (χ1) is 17.6. The molecule has 0 atom stereocenters. The summed E-state index contributed by atoms with van der Waals surface area (Å²) in [6.45, 7) is 2.98. The van der Waals surface area contributed by atoms with Crippen LogP contribution < -0.4 is 26.3 Å². The van der Waals surface area contributed by atoms with Crippen molar-refractivity contribution in [3.63, 3.8) is 0 Å². The van der Waals surface area contributed by atoms with Crippen molar-refractivity contribution in [3.8, 4) is 11.9 Å². The van der Waals surface area contributed by atoms with Crippen molar-refractivity contribution in [1.82, 2.24) is 34.5 Å². The molecule has 2 aliphatic rings. The molecule has 6 rings (SSSR count). The van der Waals surface area contributed by atoms with Crippen LogP contribution >= 0.6 is 0 Å². The Labute approximate surface area is 204 Å². The number of pyridine rings is 1. The molecule has 3 N–H and O–H groups in total. The van der Waals surface area contributed by atoms with Crippen molar-refractivity contribution in [2.45, 2.75) is 25.3 Å². The lowest BCUT2D eigenvalue weighted by Gasteiger charge is -2.22. The molecule has 182 valence electrons. The maximum Gasteiger partial charge on any atom is 0.326 e. The number of rotatable bonds is 4. The van der Waals surface area contributed by atoms with Crippen molar-refractivity contribution >= 4 is 23.5 Å². The fourth-order valence-corrected chi connectivity index (χ4v) is 4.20. The Hall–Kier alpha value is -4.73. The van der Waals surface area contributed by atoms with E-state index in [4.69, 9.17) is 20.2 Å². The third-order valence-corrected chi connectivity index (χ3v) is 6.23. The van der Waals surface area contributed by atoms with Crippen molar-refractivity contribution in [3.05, 3.63) is 57.1 Å². The summed E-state index contributed by atoms with van der Waals surface area (Å²) in [7, 11) is 0. The average molecular weight is 486 g/mol. The van der Waals surface area contributed by atoms with E-state index in [0.717, 1.165) is 44.7 Å². The Kier molecular flexibility index (Phi) is 5.33. The van der Waals surface area contributed by atoms with Gasteiger partial charge in [0.05, 0.1) is 17.8 Å². The molecule has 1 saturated heterocycles. The van der Waals surface area contributed by atoms with Crippen molar-refractivity contribution in [1.29, 1.82) is 5.26 Å². The molecule has 5 heterocycles. The number of hydrogen-bond acceptors (Lipinski definition) is 10. The normalized spacial score (nSPS) is 17.5. The molecule has 0 spiro atoms. The van der Waals surface area contributed by atoms with Gasteiger partial charge in [-0.3, -0.25) is 4.98 Å². The van der Waals surface area contributed by atoms with E-state index >= 15 is 0 Å². The van der Waals surface area contributed by atoms with E-state index in [1.807, 2.05) is 6.07 Å². The van der Waals surface area contributed by atoms with Crippen molar-refractivity contribution < 1.29 is 5.11 Å². The highest BCUT2D eigenvalue weighted by atomic mass is 16.3. The molecule has 13 nitrogen and oxygen atoms in total. The Bertz CT molecular complexity index is 1640. The van der Waals surface area contributed by atoms with E-state index in [9.17, 15) is 9.90 Å². The molecule has 4 aromatic heterocycles. The van der Waals surface area contributed by atoms with E-state index < -0.39 is 5.69 Å². The predicted molar refractivity (Wildman–Crippen MR) is 129 cm³/mol. The first-order valence-corrected chi connectivity index (χ1v) is 11.8. The third-order valence-electron chi connectivity index (χ3n) is 6.23. The number of hydrogen-bond donors (Lipinski definition) is 3. The summed E-state index contributed by atoms with van der Waals surface area (Å²) in [6.07, 6.45) is 7.75. The number of fused-ring (bicyclic) bond motifs is 1. The van der Waals surface area contributed by atoms with Gasteiger partial charge in [0.15, 0.2) is 5.65 Å². The zero-order chi connectivity index (χ0) is 24.6. The second-order valence-electron chi connectivity index (χ2n) is 8.85. The molecule has 0 radical (unpaired) electrons. The number of nitriles is 1. The van der Waals surface area contributed by atoms with Gasteiger partial charge in [-0.2, -0.15) is 24.8 Å². The molecule has 0 aromatic carbocycles. The monoisotopic (exact) mass is 485 g/mol. The molecule has 0 unspecified atom stereocenters. The van der Waals surface area contributed by atoms with E-state index in [-0.39, 0.29) is 17.6 Å². The minimum absolute atomic E-state index is 0.236. The van der Waals surface area contributed by atoms with Gasteiger partial charge in [-0.25, -0.2) is 14.8 Å². The Morgan fingerprint density at radius 1 is 1.11 bits per heavy atom. The number of anilines is 2. The lowest BCUT2D eigenvalue weighted by Crippen LogP contribution is -2.34. The van der Waals surface area contributed by atoms with E-state index in [1.54, 1.807) is 29.1 Å². The highest BCUT2D eigenvalue weighted by molar-refractivity contribution is 5.57. The van der Waals surface area contributed by atoms with Crippen LogP contribution in [0.1, 0.15) is 30.5 Å². The van der Waals surface area contributed by atoms with Crippen LogP contribution in [0.25, 0.3) is 11.7 Å². The number of aromatic amines is 2. The van der Waals surface area contributed by atoms with Gasteiger partial charge in [0.25, 0.3) is 5.62 Å². The topological polar surface area (TPSA) is 167 Å². The fraction of sp³-hybridized carbons (Fsp3) is 0.348. The van der Waals surface area contributed by atoms with Gasteiger partial charge in [0.2, 0.25) is 11.8 Å². The van der Waals surface area contributed by atoms with Crippen molar-refractivity contribution in [2.75, 3.05) is 36.0 Å². The van der Waals surface area contributed by atoms with Crippen molar-refractivity contribution in [2.24, 2.45) is 4.99 Å². The Balaban J connectivity index is 1.36. The minimum Gasteiger partial charge on any atom is -0.493 e. The van der Waals surface area contributed by atoms with Crippen LogP contribution in [0.2, 0.25) is 0 Å². The van der Waals surface area contributed by atoms with Gasteiger partial charge in [-0.1, -0.05) is 0 Å². The number of nitrogens with one attached hydrogen (secondary N) is 2. The number of aromatic hydroxyl groups is 1. The van der Waals surface area contributed by atoms with Gasteiger partial charge >= 0.3 is 5.69 Å². The first-order valence-electron chi connectivity index (χ1n) is 11.8. The Morgan fingerprint density at radius 3 is 2.67 bits per heavy atom. The molecular weight excluding hydrogens is 462 g/mol. The molecule has 1 aliphatic heterocycles. The smallest absolute Gasteiger partial charge is 0.326 e. The predicted octanol–water partition coefficient (Wildman–Crippen LogP) is -0.560. The van der Waals surface area contributed by atoms with Gasteiger partial charge in [0.1, 0.15) is 17.6 Å². The lowest BCUT2D eigenvalue weighted by molar-refractivity contribution is 0.454. The maximum absolute atomic E-state index is 11.6. The number of H-pyrrole nitrogens is 2. The average Bonchev–Trinajstić information content (AvgIpc) is 3.59. The lowest BCUT2D eigenvalue weighted by atomic mass is 10.3. The quantitative estimate of drug-likeness (QED) is 0.343. The highest BCUT2D eigenvalue weighted by Gasteiger charge is 2.23. The van der Waals surface area contributed by atoms with Gasteiger partial charge in [-0.05, 0) is 37.5 Å². The molecular formula is C23H23N11O2. The van der Waals surface area contributed by atoms with Crippen LogP contribution in [0.15, 0.2) is 34.3 Å². The largest absolute Gasteiger partial charge is 0.493 e. The summed E-state index contributed by atoms with van der Waals surface area (Å²) in [5, 5.41) is 24.1. The second kappa shape index (κ2) is 8.81. The molecule has 0 bridgehead atoms. The molecule has 4 aromatic rings. The number of aromatic nitrogens is 7. The van der Waals surface area contributed by atoms with Crippen LogP contribution in [-0.4, -0.2) is 71.9 Å². The van der Waals surface area contributed by atoms with Crippen LogP contribution in [0, 0.1) is 11.3 Å². The minimum atomic E-state index is -0.499. The fourth-order valence-electron chi connectivity index (χ4n) is 4.20. The third kappa shape index (κ3) is 4.24. The van der Waals surface area contributed by atoms with E-state index in [1.165, 1.54) is 0 Å². The highest BCUT2D eigenvalue weighted by Crippen LogP contribution is 2.22.